The van der Waals surface area contributed by atoms with E-state index in [9.17, 15) is 5.11 Å². The standard InChI is InChI=1S/C10H14O2/c1-3-5-8-6-4-7-9(12-2)10(8)11/h3,6-7,10-11H,1,4-5H2,2H3. The molecule has 1 atom stereocenters. The van der Waals surface area contributed by atoms with Gasteiger partial charge in [-0.1, -0.05) is 12.2 Å². The molecule has 0 aliphatic heterocycles. The van der Waals surface area contributed by atoms with Crippen LogP contribution >= 0.6 is 0 Å². The van der Waals surface area contributed by atoms with Crippen LogP contribution in [-0.4, -0.2) is 18.3 Å². The monoisotopic (exact) mass is 166 g/mol. The van der Waals surface area contributed by atoms with Gasteiger partial charge < -0.3 is 9.84 Å². The van der Waals surface area contributed by atoms with Crippen LogP contribution in [0.25, 0.3) is 0 Å². The molecule has 1 unspecified atom stereocenters. The average molecular weight is 166 g/mol. The van der Waals surface area contributed by atoms with E-state index in [0.29, 0.717) is 5.76 Å². The summed E-state index contributed by atoms with van der Waals surface area (Å²) in [6.07, 6.45) is 6.67. The smallest absolute Gasteiger partial charge is 0.132 e. The van der Waals surface area contributed by atoms with Crippen molar-refractivity contribution in [2.24, 2.45) is 0 Å². The molecule has 2 nitrogen and oxygen atoms in total. The molecule has 0 aromatic rings. The van der Waals surface area contributed by atoms with Gasteiger partial charge in [-0.3, -0.25) is 0 Å². The highest BCUT2D eigenvalue weighted by atomic mass is 16.5. The fourth-order valence-corrected chi connectivity index (χ4v) is 1.29. The second kappa shape index (κ2) is 4.12. The second-order valence-corrected chi connectivity index (χ2v) is 2.72. The van der Waals surface area contributed by atoms with Crippen molar-refractivity contribution >= 4 is 0 Å². The maximum absolute atomic E-state index is 9.65. The van der Waals surface area contributed by atoms with Crippen molar-refractivity contribution in [2.75, 3.05) is 7.11 Å². The number of hydrogen-bond donors (Lipinski definition) is 1. The Hall–Kier alpha value is -1.02. The molecule has 0 heterocycles. The third kappa shape index (κ3) is 1.77. The molecule has 66 valence electrons. The Labute approximate surface area is 72.9 Å². The molecule has 0 aromatic heterocycles. The Morgan fingerprint density at radius 2 is 2.50 bits per heavy atom. The molecule has 0 aromatic carbocycles. The van der Waals surface area contributed by atoms with Crippen LogP contribution in [0.4, 0.5) is 0 Å². The van der Waals surface area contributed by atoms with E-state index in [2.05, 4.69) is 6.58 Å². The zero-order valence-corrected chi connectivity index (χ0v) is 7.29. The largest absolute Gasteiger partial charge is 0.498 e. The SMILES string of the molecule is C=CCC1=CCC=C(OC)C1O. The minimum atomic E-state index is -0.568. The van der Waals surface area contributed by atoms with Gasteiger partial charge >= 0.3 is 0 Å². The molecule has 1 N–H and O–H groups in total. The van der Waals surface area contributed by atoms with Gasteiger partial charge in [0.05, 0.1) is 7.11 Å². The Morgan fingerprint density at radius 1 is 1.75 bits per heavy atom. The van der Waals surface area contributed by atoms with E-state index < -0.39 is 6.10 Å². The van der Waals surface area contributed by atoms with Gasteiger partial charge in [-0.2, -0.15) is 0 Å². The quantitative estimate of drug-likeness (QED) is 0.647. The first-order valence-electron chi connectivity index (χ1n) is 4.01. The number of aliphatic hydroxyl groups excluding tert-OH is 1. The van der Waals surface area contributed by atoms with Gasteiger partial charge in [-0.15, -0.1) is 6.58 Å². The Bertz CT molecular complexity index is 226. The molecule has 2 heteroatoms. The number of rotatable bonds is 3. The lowest BCUT2D eigenvalue weighted by Crippen LogP contribution is -2.17. The zero-order chi connectivity index (χ0) is 8.97. The van der Waals surface area contributed by atoms with Crippen LogP contribution < -0.4 is 0 Å². The van der Waals surface area contributed by atoms with Crippen molar-refractivity contribution in [3.8, 4) is 0 Å². The number of aliphatic hydroxyl groups is 1. The van der Waals surface area contributed by atoms with Gasteiger partial charge in [0.1, 0.15) is 11.9 Å². The summed E-state index contributed by atoms with van der Waals surface area (Å²) in [6, 6.07) is 0. The summed E-state index contributed by atoms with van der Waals surface area (Å²) in [4.78, 5) is 0. The van der Waals surface area contributed by atoms with Crippen LogP contribution in [0.3, 0.4) is 0 Å². The van der Waals surface area contributed by atoms with E-state index in [1.807, 2.05) is 12.2 Å². The van der Waals surface area contributed by atoms with Crippen molar-refractivity contribution < 1.29 is 9.84 Å². The lowest BCUT2D eigenvalue weighted by molar-refractivity contribution is 0.148. The van der Waals surface area contributed by atoms with E-state index in [1.165, 1.54) is 0 Å². The van der Waals surface area contributed by atoms with Crippen LogP contribution in [-0.2, 0) is 4.74 Å². The summed E-state index contributed by atoms with van der Waals surface area (Å²) in [5.41, 5.74) is 0.976. The second-order valence-electron chi connectivity index (χ2n) is 2.72. The average Bonchev–Trinajstić information content (AvgIpc) is 2.09. The third-order valence-corrected chi connectivity index (χ3v) is 1.94. The first-order chi connectivity index (χ1) is 5.79. The predicted molar refractivity (Wildman–Crippen MR) is 48.6 cm³/mol. The Kier molecular flexibility index (Phi) is 3.11. The fourth-order valence-electron chi connectivity index (χ4n) is 1.29. The molecule has 0 radical (unpaired) electrons. The van der Waals surface area contributed by atoms with E-state index in [0.717, 1.165) is 18.4 Å². The van der Waals surface area contributed by atoms with Crippen molar-refractivity contribution in [1.29, 1.82) is 0 Å². The summed E-state index contributed by atoms with van der Waals surface area (Å²) >= 11 is 0. The van der Waals surface area contributed by atoms with E-state index in [-0.39, 0.29) is 0 Å². The topological polar surface area (TPSA) is 29.5 Å². The molecule has 1 rings (SSSR count). The number of allylic oxidation sites excluding steroid dienone is 3. The van der Waals surface area contributed by atoms with Gasteiger partial charge in [0.15, 0.2) is 0 Å². The molecule has 0 saturated carbocycles. The summed E-state index contributed by atoms with van der Waals surface area (Å²) in [6.45, 7) is 3.63. The van der Waals surface area contributed by atoms with Gasteiger partial charge in [0.25, 0.3) is 0 Å². The molecular weight excluding hydrogens is 152 g/mol. The third-order valence-electron chi connectivity index (χ3n) is 1.94. The normalized spacial score (nSPS) is 22.7. The molecule has 0 spiro atoms. The van der Waals surface area contributed by atoms with Crippen molar-refractivity contribution in [1.82, 2.24) is 0 Å². The van der Waals surface area contributed by atoms with Gasteiger partial charge in [0.2, 0.25) is 0 Å². The summed E-state index contributed by atoms with van der Waals surface area (Å²) in [7, 11) is 1.58. The molecular formula is C10H14O2. The highest BCUT2D eigenvalue weighted by molar-refractivity contribution is 5.26. The molecule has 0 fully saturated rings. The maximum Gasteiger partial charge on any atom is 0.132 e. The lowest BCUT2D eigenvalue weighted by atomic mass is 9.98. The van der Waals surface area contributed by atoms with Crippen molar-refractivity contribution in [2.45, 2.75) is 18.9 Å². The first-order valence-corrected chi connectivity index (χ1v) is 4.01. The number of methoxy groups -OCH3 is 1. The summed E-state index contributed by atoms with van der Waals surface area (Å²) < 4.78 is 5.02. The molecule has 0 saturated heterocycles. The summed E-state index contributed by atoms with van der Waals surface area (Å²) in [5, 5.41) is 9.65. The van der Waals surface area contributed by atoms with E-state index in [4.69, 9.17) is 4.74 Å². The minimum Gasteiger partial charge on any atom is -0.498 e. The number of ether oxygens (including phenoxy) is 1. The van der Waals surface area contributed by atoms with Crippen molar-refractivity contribution in [3.63, 3.8) is 0 Å². The predicted octanol–water partition coefficient (Wildman–Crippen LogP) is 1.78. The Morgan fingerprint density at radius 3 is 3.08 bits per heavy atom. The first kappa shape index (κ1) is 9.07. The van der Waals surface area contributed by atoms with E-state index >= 15 is 0 Å². The van der Waals surface area contributed by atoms with E-state index in [1.54, 1.807) is 13.2 Å². The molecule has 12 heavy (non-hydrogen) atoms. The van der Waals surface area contributed by atoms with Crippen molar-refractivity contribution in [3.05, 3.63) is 36.1 Å². The highest BCUT2D eigenvalue weighted by Gasteiger charge is 2.17. The van der Waals surface area contributed by atoms with Crippen LogP contribution in [0.5, 0.6) is 0 Å². The summed E-state index contributed by atoms with van der Waals surface area (Å²) in [5.74, 6) is 0.648. The van der Waals surface area contributed by atoms with Crippen LogP contribution in [0.1, 0.15) is 12.8 Å². The fraction of sp³-hybridized carbons (Fsp3) is 0.400. The molecule has 1 aliphatic carbocycles. The minimum absolute atomic E-state index is 0.568. The van der Waals surface area contributed by atoms with Gasteiger partial charge in [0, 0.05) is 0 Å². The van der Waals surface area contributed by atoms with Crippen LogP contribution in [0.2, 0.25) is 0 Å². The lowest BCUT2D eigenvalue weighted by Gasteiger charge is -2.19. The molecule has 0 bridgehead atoms. The highest BCUT2D eigenvalue weighted by Crippen LogP contribution is 2.22. The zero-order valence-electron chi connectivity index (χ0n) is 7.29. The number of hydrogen-bond acceptors (Lipinski definition) is 2. The van der Waals surface area contributed by atoms with Crippen LogP contribution in [0.15, 0.2) is 36.1 Å². The molecule has 0 amide bonds. The molecule has 1 aliphatic rings. The maximum atomic E-state index is 9.65. The Balaban J connectivity index is 2.67. The van der Waals surface area contributed by atoms with Crippen LogP contribution in [0, 0.1) is 0 Å². The van der Waals surface area contributed by atoms with Gasteiger partial charge in [-0.25, -0.2) is 0 Å². The van der Waals surface area contributed by atoms with Gasteiger partial charge in [-0.05, 0) is 24.5 Å².